The molecule has 8 nitrogen and oxygen atoms in total. The summed E-state index contributed by atoms with van der Waals surface area (Å²) < 4.78 is 33.3. The molecular formula is C21H19ClF2N4O4. The van der Waals surface area contributed by atoms with Gasteiger partial charge in [0.2, 0.25) is 17.7 Å². The van der Waals surface area contributed by atoms with Crippen LogP contribution in [0.1, 0.15) is 25.3 Å². The van der Waals surface area contributed by atoms with Gasteiger partial charge >= 0.3 is 0 Å². The van der Waals surface area contributed by atoms with Crippen LogP contribution < -0.4 is 21.8 Å². The first-order valence-electron chi connectivity index (χ1n) is 9.35. The first-order chi connectivity index (χ1) is 15.0. The Balaban J connectivity index is 2.00. The number of hydrogen-bond acceptors (Lipinski definition) is 5. The van der Waals surface area contributed by atoms with Crippen molar-refractivity contribution in [1.82, 2.24) is 9.55 Å². The molecular weight excluding hydrogens is 446 g/mol. The quantitative estimate of drug-likeness (QED) is 0.647. The van der Waals surface area contributed by atoms with E-state index in [1.165, 1.54) is 12.1 Å². The fraction of sp³-hybridized carbons (Fsp3) is 0.238. The normalized spacial score (nSPS) is 18.0. The van der Waals surface area contributed by atoms with E-state index >= 15 is 0 Å². The maximum absolute atomic E-state index is 13.8. The van der Waals surface area contributed by atoms with Gasteiger partial charge < -0.3 is 16.2 Å². The number of rotatable bonds is 7. The third kappa shape index (κ3) is 4.40. The van der Waals surface area contributed by atoms with Crippen LogP contribution in [-0.2, 0) is 21.7 Å². The lowest BCUT2D eigenvalue weighted by Crippen LogP contribution is -2.47. The minimum absolute atomic E-state index is 0.0286. The van der Waals surface area contributed by atoms with Crippen LogP contribution in [-0.4, -0.2) is 21.4 Å². The zero-order valence-electron chi connectivity index (χ0n) is 16.9. The van der Waals surface area contributed by atoms with Gasteiger partial charge in [0.25, 0.3) is 5.56 Å². The fourth-order valence-electron chi connectivity index (χ4n) is 3.52. The number of ether oxygens (including phenoxy) is 1. The molecule has 0 radical (unpaired) electrons. The Morgan fingerprint density at radius 1 is 1.28 bits per heavy atom. The molecule has 1 heterocycles. The minimum atomic E-state index is -1.35. The molecule has 0 fully saturated rings. The van der Waals surface area contributed by atoms with E-state index in [0.717, 1.165) is 17.0 Å². The molecule has 0 spiro atoms. The molecule has 0 aliphatic heterocycles. The number of benzene rings is 1. The van der Waals surface area contributed by atoms with Crippen LogP contribution >= 0.6 is 11.6 Å². The maximum Gasteiger partial charge on any atom is 0.276 e. The molecule has 2 aromatic rings. The Morgan fingerprint density at radius 2 is 2.00 bits per heavy atom. The molecule has 0 saturated carbocycles. The van der Waals surface area contributed by atoms with Crippen molar-refractivity contribution in [1.29, 1.82) is 0 Å². The van der Waals surface area contributed by atoms with Gasteiger partial charge in [-0.3, -0.25) is 19.0 Å². The van der Waals surface area contributed by atoms with E-state index in [4.69, 9.17) is 27.8 Å². The topological polar surface area (TPSA) is 130 Å². The number of primary amides is 2. The highest BCUT2D eigenvalue weighted by atomic mass is 35.5. The number of carbonyl (C=O) groups is 2. The second-order valence-electron chi connectivity index (χ2n) is 7.32. The molecule has 4 N–H and O–H groups in total. The lowest BCUT2D eigenvalue weighted by Gasteiger charge is -2.38. The summed E-state index contributed by atoms with van der Waals surface area (Å²) in [7, 11) is 0. The van der Waals surface area contributed by atoms with Gasteiger partial charge in [-0.15, -0.1) is 0 Å². The van der Waals surface area contributed by atoms with Gasteiger partial charge in [0.05, 0.1) is 12.0 Å². The number of nitrogens with two attached hydrogens (primary N) is 2. The fourth-order valence-corrected chi connectivity index (χ4v) is 3.72. The Bertz CT molecular complexity index is 1220. The van der Waals surface area contributed by atoms with Crippen LogP contribution in [0, 0.1) is 11.6 Å². The summed E-state index contributed by atoms with van der Waals surface area (Å²) in [6.45, 7) is 1.31. The van der Waals surface area contributed by atoms with Crippen molar-refractivity contribution < 1.29 is 23.1 Å². The van der Waals surface area contributed by atoms with E-state index in [9.17, 15) is 23.2 Å². The van der Waals surface area contributed by atoms with Crippen LogP contribution in [0.4, 0.5) is 8.78 Å². The number of aromatic nitrogens is 2. The van der Waals surface area contributed by atoms with E-state index in [1.54, 1.807) is 13.0 Å². The number of amides is 2. The van der Waals surface area contributed by atoms with Gasteiger partial charge in [0.15, 0.2) is 5.02 Å². The molecule has 2 amide bonds. The van der Waals surface area contributed by atoms with Gasteiger partial charge in [0.1, 0.15) is 24.6 Å². The predicted molar refractivity (Wildman–Crippen MR) is 112 cm³/mol. The standard InChI is InChI=1S/C21H19ClF2N4O4/c1-11-2-3-12(18(26)30)7-21(11,8-16(25)29)28-10-27-19(17(22)20(28)31)32-9-13-4-5-14(23)6-15(13)24/h2-6,10H,7-9H2,1H3,(H2,25,29)(H2,26,30). The Kier molecular flexibility index (Phi) is 6.45. The molecule has 0 bridgehead atoms. The average molecular weight is 465 g/mol. The van der Waals surface area contributed by atoms with Crippen molar-refractivity contribution in [2.24, 2.45) is 11.5 Å². The third-order valence-electron chi connectivity index (χ3n) is 5.26. The van der Waals surface area contributed by atoms with Crippen molar-refractivity contribution >= 4 is 23.4 Å². The van der Waals surface area contributed by atoms with Crippen LogP contribution in [0.5, 0.6) is 5.88 Å². The van der Waals surface area contributed by atoms with Crippen LogP contribution in [0.25, 0.3) is 0 Å². The molecule has 1 aromatic heterocycles. The molecule has 1 aromatic carbocycles. The summed E-state index contributed by atoms with van der Waals surface area (Å²) >= 11 is 6.18. The number of halogens is 3. The highest BCUT2D eigenvalue weighted by Crippen LogP contribution is 2.39. The highest BCUT2D eigenvalue weighted by Gasteiger charge is 2.41. The Labute approximate surface area is 186 Å². The molecule has 168 valence electrons. The van der Waals surface area contributed by atoms with Crippen LogP contribution in [0.2, 0.25) is 5.02 Å². The first kappa shape index (κ1) is 23.1. The predicted octanol–water partition coefficient (Wildman–Crippen LogP) is 2.09. The van der Waals surface area contributed by atoms with Crippen LogP contribution in [0.15, 0.2) is 52.6 Å². The third-order valence-corrected chi connectivity index (χ3v) is 5.58. The molecule has 1 aliphatic rings. The monoisotopic (exact) mass is 464 g/mol. The number of carbonyl (C=O) groups excluding carboxylic acids is 2. The molecule has 1 unspecified atom stereocenters. The van der Waals surface area contributed by atoms with E-state index in [-0.39, 0.29) is 36.5 Å². The molecule has 1 aliphatic carbocycles. The van der Waals surface area contributed by atoms with Crippen molar-refractivity contribution in [3.63, 3.8) is 0 Å². The largest absolute Gasteiger partial charge is 0.471 e. The van der Waals surface area contributed by atoms with Crippen molar-refractivity contribution in [2.45, 2.75) is 31.9 Å². The van der Waals surface area contributed by atoms with Gasteiger partial charge in [-0.05, 0) is 24.6 Å². The first-order valence-corrected chi connectivity index (χ1v) is 9.73. The lowest BCUT2D eigenvalue weighted by molar-refractivity contribution is -0.120. The van der Waals surface area contributed by atoms with Gasteiger partial charge in [-0.25, -0.2) is 13.8 Å². The summed E-state index contributed by atoms with van der Waals surface area (Å²) in [6, 6.07) is 2.95. The summed E-state index contributed by atoms with van der Waals surface area (Å²) in [5, 5.41) is -0.429. The van der Waals surface area contributed by atoms with E-state index in [2.05, 4.69) is 4.98 Å². The van der Waals surface area contributed by atoms with Crippen LogP contribution in [0.3, 0.4) is 0 Å². The van der Waals surface area contributed by atoms with E-state index in [1.807, 2.05) is 0 Å². The Hall–Kier alpha value is -3.53. The van der Waals surface area contributed by atoms with Crippen molar-refractivity contribution in [3.8, 4) is 5.88 Å². The summed E-state index contributed by atoms with van der Waals surface area (Å²) in [4.78, 5) is 40.7. The number of allylic oxidation sites excluding steroid dienone is 3. The summed E-state index contributed by atoms with van der Waals surface area (Å²) in [5.41, 5.74) is 9.48. The lowest BCUT2D eigenvalue weighted by atomic mass is 9.77. The second-order valence-corrected chi connectivity index (χ2v) is 7.70. The molecule has 3 rings (SSSR count). The minimum Gasteiger partial charge on any atom is -0.471 e. The molecule has 0 saturated heterocycles. The molecule has 1 atom stereocenters. The van der Waals surface area contributed by atoms with Crippen molar-refractivity contribution in [2.75, 3.05) is 0 Å². The number of hydrogen-bond donors (Lipinski definition) is 2. The van der Waals surface area contributed by atoms with E-state index in [0.29, 0.717) is 11.6 Å². The number of nitrogens with zero attached hydrogens (tertiary/aromatic N) is 2. The van der Waals surface area contributed by atoms with Crippen molar-refractivity contribution in [3.05, 3.63) is 80.4 Å². The zero-order chi connectivity index (χ0) is 23.6. The SMILES string of the molecule is CC1=CC=C(C(N)=O)CC1(CC(N)=O)n1cnc(OCc2ccc(F)cc2F)c(Cl)c1=O. The second kappa shape index (κ2) is 8.91. The summed E-state index contributed by atoms with van der Waals surface area (Å²) in [5.74, 6) is -3.29. The van der Waals surface area contributed by atoms with Gasteiger partial charge in [-0.1, -0.05) is 23.8 Å². The zero-order valence-corrected chi connectivity index (χ0v) is 17.7. The molecule has 32 heavy (non-hydrogen) atoms. The molecule has 11 heteroatoms. The maximum atomic E-state index is 13.8. The smallest absolute Gasteiger partial charge is 0.276 e. The Morgan fingerprint density at radius 3 is 2.62 bits per heavy atom. The van der Waals surface area contributed by atoms with Gasteiger partial charge in [-0.2, -0.15) is 0 Å². The average Bonchev–Trinajstić information content (AvgIpc) is 2.71. The highest BCUT2D eigenvalue weighted by molar-refractivity contribution is 6.31. The van der Waals surface area contributed by atoms with Gasteiger partial charge in [0, 0.05) is 23.6 Å². The van der Waals surface area contributed by atoms with E-state index < -0.39 is 39.6 Å². The summed E-state index contributed by atoms with van der Waals surface area (Å²) in [6.07, 6.45) is 3.78.